The largest absolute Gasteiger partial charge is 0.379 e. The summed E-state index contributed by atoms with van der Waals surface area (Å²) in [6.45, 7) is 6.84. The molecule has 1 aliphatic carbocycles. The first-order valence-corrected chi connectivity index (χ1v) is 10.9. The summed E-state index contributed by atoms with van der Waals surface area (Å²) in [4.78, 5) is 30.1. The summed E-state index contributed by atoms with van der Waals surface area (Å²) >= 11 is 7.38. The average Bonchev–Trinajstić information content (AvgIpc) is 3.44. The average molecular weight is 424 g/mol. The number of hydrogen-bond acceptors (Lipinski definition) is 5. The predicted molar refractivity (Wildman–Crippen MR) is 113 cm³/mol. The van der Waals surface area contributed by atoms with Gasteiger partial charge in [-0.1, -0.05) is 23.4 Å². The number of halogens is 1. The van der Waals surface area contributed by atoms with E-state index in [9.17, 15) is 9.59 Å². The lowest BCUT2D eigenvalue weighted by Crippen LogP contribution is -2.33. The molecule has 3 rings (SSSR count). The molecule has 152 valence electrons. The number of carbonyl (C=O) groups excluding carboxylic acids is 1. The van der Waals surface area contributed by atoms with E-state index in [0.717, 1.165) is 12.8 Å². The number of carbonyl (C=O) groups is 1. The minimum absolute atomic E-state index is 0.0253. The van der Waals surface area contributed by atoms with Crippen molar-refractivity contribution in [3.8, 4) is 0 Å². The lowest BCUT2D eigenvalue weighted by atomic mass is 10.2. The highest BCUT2D eigenvalue weighted by molar-refractivity contribution is 8.00. The van der Waals surface area contributed by atoms with E-state index >= 15 is 0 Å². The molecule has 1 heterocycles. The molecule has 1 unspecified atom stereocenters. The van der Waals surface area contributed by atoms with Crippen LogP contribution in [-0.4, -0.2) is 39.5 Å². The Bertz CT molecular complexity index is 911. The summed E-state index contributed by atoms with van der Waals surface area (Å²) < 4.78 is 7.24. The lowest BCUT2D eigenvalue weighted by molar-refractivity contribution is -0.120. The molecule has 0 radical (unpaired) electrons. The quantitative estimate of drug-likeness (QED) is 0.379. The summed E-state index contributed by atoms with van der Waals surface area (Å²) in [5.41, 5.74) is 0.424. The van der Waals surface area contributed by atoms with Crippen LogP contribution in [0.3, 0.4) is 0 Å². The molecule has 28 heavy (non-hydrogen) atoms. The van der Waals surface area contributed by atoms with Crippen LogP contribution in [0, 0.1) is 0 Å². The van der Waals surface area contributed by atoms with Crippen molar-refractivity contribution in [2.45, 2.75) is 69.1 Å². The summed E-state index contributed by atoms with van der Waals surface area (Å²) in [7, 11) is 0. The zero-order valence-corrected chi connectivity index (χ0v) is 18.0. The number of benzene rings is 1. The first-order chi connectivity index (χ1) is 13.3. The molecule has 1 aromatic carbocycles. The van der Waals surface area contributed by atoms with E-state index in [2.05, 4.69) is 10.3 Å². The van der Waals surface area contributed by atoms with E-state index in [-0.39, 0.29) is 22.8 Å². The third-order valence-electron chi connectivity index (χ3n) is 4.43. The smallest absolute Gasteiger partial charge is 0.262 e. The second-order valence-electron chi connectivity index (χ2n) is 7.33. The second kappa shape index (κ2) is 9.29. The van der Waals surface area contributed by atoms with Crippen LogP contribution in [0.15, 0.2) is 28.2 Å². The van der Waals surface area contributed by atoms with Crippen molar-refractivity contribution in [2.24, 2.45) is 0 Å². The van der Waals surface area contributed by atoms with Crippen molar-refractivity contribution < 1.29 is 9.53 Å². The summed E-state index contributed by atoms with van der Waals surface area (Å²) in [5.74, 6) is -0.0253. The molecule has 6 nitrogen and oxygen atoms in total. The van der Waals surface area contributed by atoms with Gasteiger partial charge in [0.2, 0.25) is 5.91 Å². The second-order valence-corrected chi connectivity index (χ2v) is 9.07. The molecule has 1 saturated carbocycles. The molecule has 0 saturated heterocycles. The van der Waals surface area contributed by atoms with Crippen molar-refractivity contribution >= 4 is 40.2 Å². The van der Waals surface area contributed by atoms with Gasteiger partial charge in [0.1, 0.15) is 0 Å². The van der Waals surface area contributed by atoms with Crippen LogP contribution in [0.4, 0.5) is 0 Å². The van der Waals surface area contributed by atoms with Gasteiger partial charge in [0.25, 0.3) is 5.56 Å². The number of hydrogen-bond donors (Lipinski definition) is 1. The maximum atomic E-state index is 13.1. The normalized spacial score (nSPS) is 15.2. The van der Waals surface area contributed by atoms with E-state index in [4.69, 9.17) is 16.3 Å². The molecule has 8 heteroatoms. The Labute approximate surface area is 174 Å². The molecule has 1 amide bonds. The SMILES string of the molecule is CC(C)OCCCn1c(SC(C)C(=O)NC2CC2)nc2cc(Cl)ccc2c1=O. The lowest BCUT2D eigenvalue weighted by Gasteiger charge is -2.17. The third kappa shape index (κ3) is 5.49. The van der Waals surface area contributed by atoms with Crippen LogP contribution in [0.5, 0.6) is 0 Å². The number of fused-ring (bicyclic) bond motifs is 1. The van der Waals surface area contributed by atoms with Crippen molar-refractivity contribution in [3.63, 3.8) is 0 Å². The zero-order valence-electron chi connectivity index (χ0n) is 16.4. The highest BCUT2D eigenvalue weighted by Crippen LogP contribution is 2.26. The molecule has 1 atom stereocenters. The number of aromatic nitrogens is 2. The Morgan fingerprint density at radius 3 is 2.82 bits per heavy atom. The van der Waals surface area contributed by atoms with Gasteiger partial charge in [0.05, 0.1) is 22.3 Å². The zero-order chi connectivity index (χ0) is 20.3. The van der Waals surface area contributed by atoms with Crippen LogP contribution >= 0.6 is 23.4 Å². The van der Waals surface area contributed by atoms with Crippen LogP contribution in [0.25, 0.3) is 10.9 Å². The van der Waals surface area contributed by atoms with E-state index in [1.807, 2.05) is 20.8 Å². The van der Waals surface area contributed by atoms with Crippen LogP contribution in [0.1, 0.15) is 40.0 Å². The third-order valence-corrected chi connectivity index (χ3v) is 5.76. The number of amides is 1. The molecule has 1 fully saturated rings. The first kappa shape index (κ1) is 21.1. The topological polar surface area (TPSA) is 73.2 Å². The highest BCUT2D eigenvalue weighted by atomic mass is 35.5. The Kier molecular flexibility index (Phi) is 7.01. The van der Waals surface area contributed by atoms with E-state index in [0.29, 0.717) is 46.7 Å². The molecule has 1 aromatic heterocycles. The van der Waals surface area contributed by atoms with Gasteiger partial charge in [-0.25, -0.2) is 4.98 Å². The van der Waals surface area contributed by atoms with Gasteiger partial charge in [-0.05, 0) is 58.2 Å². The Hall–Kier alpha value is -1.57. The number of ether oxygens (including phenoxy) is 1. The molecule has 0 spiro atoms. The molecule has 0 aliphatic heterocycles. The van der Waals surface area contributed by atoms with Crippen LogP contribution < -0.4 is 10.9 Å². The van der Waals surface area contributed by atoms with Crippen molar-refractivity contribution in [1.82, 2.24) is 14.9 Å². The van der Waals surface area contributed by atoms with Crippen LogP contribution in [0.2, 0.25) is 5.02 Å². The number of nitrogens with zero attached hydrogens (tertiary/aromatic N) is 2. The summed E-state index contributed by atoms with van der Waals surface area (Å²) in [6.07, 6.45) is 2.91. The predicted octanol–water partition coefficient (Wildman–Crippen LogP) is 3.62. The van der Waals surface area contributed by atoms with Gasteiger partial charge < -0.3 is 10.1 Å². The maximum Gasteiger partial charge on any atom is 0.262 e. The Morgan fingerprint density at radius 1 is 1.39 bits per heavy atom. The van der Waals surface area contributed by atoms with Gasteiger partial charge >= 0.3 is 0 Å². The molecule has 0 bridgehead atoms. The molecule has 1 N–H and O–H groups in total. The monoisotopic (exact) mass is 423 g/mol. The Balaban J connectivity index is 1.86. The minimum Gasteiger partial charge on any atom is -0.379 e. The van der Waals surface area contributed by atoms with E-state index in [1.54, 1.807) is 22.8 Å². The van der Waals surface area contributed by atoms with Crippen molar-refractivity contribution in [1.29, 1.82) is 0 Å². The van der Waals surface area contributed by atoms with E-state index < -0.39 is 0 Å². The highest BCUT2D eigenvalue weighted by Gasteiger charge is 2.27. The maximum absolute atomic E-state index is 13.1. The van der Waals surface area contributed by atoms with Gasteiger partial charge in [-0.2, -0.15) is 0 Å². The van der Waals surface area contributed by atoms with Gasteiger partial charge in [0.15, 0.2) is 5.16 Å². The molecule has 1 aliphatic rings. The number of rotatable bonds is 9. The fourth-order valence-corrected chi connectivity index (χ4v) is 3.87. The summed E-state index contributed by atoms with van der Waals surface area (Å²) in [5, 5.41) is 4.24. The number of thioether (sulfide) groups is 1. The van der Waals surface area contributed by atoms with Gasteiger partial charge in [-0.15, -0.1) is 0 Å². The fourth-order valence-electron chi connectivity index (χ4n) is 2.76. The standard InChI is InChI=1S/C20H26ClN3O3S/c1-12(2)27-10-4-9-24-19(26)16-8-5-14(21)11-17(16)23-20(24)28-13(3)18(25)22-15-6-7-15/h5,8,11-13,15H,4,6-7,9-10H2,1-3H3,(H,22,25). The van der Waals surface area contributed by atoms with Gasteiger partial charge in [0, 0.05) is 24.2 Å². The summed E-state index contributed by atoms with van der Waals surface area (Å²) in [6, 6.07) is 5.38. The molecule has 2 aromatic rings. The Morgan fingerprint density at radius 2 is 2.14 bits per heavy atom. The van der Waals surface area contributed by atoms with Crippen molar-refractivity contribution in [2.75, 3.05) is 6.61 Å². The van der Waals surface area contributed by atoms with Gasteiger partial charge in [-0.3, -0.25) is 14.2 Å². The number of nitrogens with one attached hydrogen (secondary N) is 1. The minimum atomic E-state index is -0.345. The van der Waals surface area contributed by atoms with Crippen LogP contribution in [-0.2, 0) is 16.1 Å². The van der Waals surface area contributed by atoms with E-state index in [1.165, 1.54) is 11.8 Å². The fraction of sp³-hybridized carbons (Fsp3) is 0.550. The first-order valence-electron chi connectivity index (χ1n) is 9.64. The molecular weight excluding hydrogens is 398 g/mol. The van der Waals surface area contributed by atoms with Crippen molar-refractivity contribution in [3.05, 3.63) is 33.6 Å². The molecular formula is C20H26ClN3O3S.